The number of hydrogen-bond donors (Lipinski definition) is 2. The van der Waals surface area contributed by atoms with Crippen LogP contribution in [-0.2, 0) is 13.0 Å². The van der Waals surface area contributed by atoms with Crippen LogP contribution < -0.4 is 10.6 Å². The second-order valence-electron chi connectivity index (χ2n) is 6.44. The SMILES string of the molecule is Cc1cccc(CNc2cncc(C(=O)NCCc3cccc(Cl)c3)c2)c1. The number of hydrogen-bond acceptors (Lipinski definition) is 3. The van der Waals surface area contributed by atoms with E-state index in [1.165, 1.54) is 11.1 Å². The maximum atomic E-state index is 12.4. The smallest absolute Gasteiger partial charge is 0.252 e. The van der Waals surface area contributed by atoms with Crippen molar-refractivity contribution in [1.29, 1.82) is 0 Å². The highest BCUT2D eigenvalue weighted by Gasteiger charge is 2.07. The third kappa shape index (κ3) is 5.83. The van der Waals surface area contributed by atoms with Crippen molar-refractivity contribution in [3.05, 3.63) is 94.3 Å². The molecule has 0 saturated heterocycles. The summed E-state index contributed by atoms with van der Waals surface area (Å²) in [6.45, 7) is 3.29. The van der Waals surface area contributed by atoms with Crippen LogP contribution in [0.1, 0.15) is 27.0 Å². The molecule has 2 aromatic carbocycles. The molecule has 138 valence electrons. The lowest BCUT2D eigenvalue weighted by molar-refractivity contribution is 0.0954. The van der Waals surface area contributed by atoms with E-state index in [4.69, 9.17) is 11.6 Å². The molecule has 4 nitrogen and oxygen atoms in total. The lowest BCUT2D eigenvalue weighted by Gasteiger charge is -2.09. The van der Waals surface area contributed by atoms with Gasteiger partial charge in [-0.2, -0.15) is 0 Å². The summed E-state index contributed by atoms with van der Waals surface area (Å²) in [5, 5.41) is 6.94. The molecular weight excluding hydrogens is 358 g/mol. The van der Waals surface area contributed by atoms with Crippen LogP contribution in [0.25, 0.3) is 0 Å². The van der Waals surface area contributed by atoms with Gasteiger partial charge in [-0.25, -0.2) is 0 Å². The minimum Gasteiger partial charge on any atom is -0.380 e. The zero-order valence-corrected chi connectivity index (χ0v) is 16.0. The molecule has 1 amide bonds. The van der Waals surface area contributed by atoms with Gasteiger partial charge in [-0.05, 0) is 42.7 Å². The van der Waals surface area contributed by atoms with Crippen molar-refractivity contribution >= 4 is 23.2 Å². The number of amides is 1. The van der Waals surface area contributed by atoms with Crippen molar-refractivity contribution in [2.24, 2.45) is 0 Å². The summed E-state index contributed by atoms with van der Waals surface area (Å²) in [4.78, 5) is 16.5. The van der Waals surface area contributed by atoms with E-state index in [-0.39, 0.29) is 5.91 Å². The molecule has 0 saturated carbocycles. The van der Waals surface area contributed by atoms with E-state index in [0.29, 0.717) is 23.7 Å². The van der Waals surface area contributed by atoms with Crippen LogP contribution in [0.15, 0.2) is 67.0 Å². The maximum absolute atomic E-state index is 12.4. The molecule has 0 unspecified atom stereocenters. The molecule has 0 aliphatic carbocycles. The molecule has 27 heavy (non-hydrogen) atoms. The van der Waals surface area contributed by atoms with Crippen LogP contribution >= 0.6 is 11.6 Å². The Hall–Kier alpha value is -2.85. The predicted octanol–water partition coefficient (Wildman–Crippen LogP) is 4.63. The molecule has 3 rings (SSSR count). The quantitative estimate of drug-likeness (QED) is 0.629. The van der Waals surface area contributed by atoms with Crippen LogP contribution in [0.2, 0.25) is 5.02 Å². The van der Waals surface area contributed by atoms with E-state index in [1.807, 2.05) is 36.4 Å². The summed E-state index contributed by atoms with van der Waals surface area (Å²) in [5.41, 5.74) is 4.86. The molecule has 0 spiro atoms. The topological polar surface area (TPSA) is 54.0 Å². The van der Waals surface area contributed by atoms with Gasteiger partial charge in [0.25, 0.3) is 5.91 Å². The molecule has 0 aliphatic rings. The fourth-order valence-electron chi connectivity index (χ4n) is 2.80. The largest absolute Gasteiger partial charge is 0.380 e. The van der Waals surface area contributed by atoms with Gasteiger partial charge in [-0.15, -0.1) is 0 Å². The lowest BCUT2D eigenvalue weighted by atomic mass is 10.1. The molecule has 2 N–H and O–H groups in total. The second kappa shape index (κ2) is 9.19. The number of aromatic nitrogens is 1. The molecule has 3 aromatic rings. The van der Waals surface area contributed by atoms with Crippen LogP contribution in [0.5, 0.6) is 0 Å². The van der Waals surface area contributed by atoms with Crippen molar-refractivity contribution in [3.63, 3.8) is 0 Å². The number of pyridine rings is 1. The molecule has 0 radical (unpaired) electrons. The van der Waals surface area contributed by atoms with E-state index >= 15 is 0 Å². The standard InChI is InChI=1S/C22H22ClN3O/c1-16-4-2-6-18(10-16)13-26-21-12-19(14-24-15-21)22(27)25-9-8-17-5-3-7-20(23)11-17/h2-7,10-12,14-15,26H,8-9,13H2,1H3,(H,25,27). The normalized spacial score (nSPS) is 10.4. The Morgan fingerprint density at radius 2 is 1.85 bits per heavy atom. The van der Waals surface area contributed by atoms with Gasteiger partial charge in [-0.3, -0.25) is 9.78 Å². The second-order valence-corrected chi connectivity index (χ2v) is 6.88. The van der Waals surface area contributed by atoms with Crippen molar-refractivity contribution < 1.29 is 4.79 Å². The van der Waals surface area contributed by atoms with Crippen molar-refractivity contribution in [3.8, 4) is 0 Å². The van der Waals surface area contributed by atoms with Crippen molar-refractivity contribution in [1.82, 2.24) is 10.3 Å². The molecule has 5 heteroatoms. The molecule has 0 bridgehead atoms. The first-order valence-electron chi connectivity index (χ1n) is 8.87. The summed E-state index contributed by atoms with van der Waals surface area (Å²) in [6, 6.07) is 17.8. The average molecular weight is 380 g/mol. The zero-order valence-electron chi connectivity index (χ0n) is 15.2. The first-order valence-corrected chi connectivity index (χ1v) is 9.25. The Morgan fingerprint density at radius 1 is 1.04 bits per heavy atom. The third-order valence-electron chi connectivity index (χ3n) is 4.17. The highest BCUT2D eigenvalue weighted by atomic mass is 35.5. The first kappa shape index (κ1) is 18.9. The minimum absolute atomic E-state index is 0.135. The molecule has 1 heterocycles. The van der Waals surface area contributed by atoms with E-state index in [1.54, 1.807) is 12.4 Å². The van der Waals surface area contributed by atoms with Crippen LogP contribution in [0, 0.1) is 6.92 Å². The van der Waals surface area contributed by atoms with E-state index in [0.717, 1.165) is 17.7 Å². The lowest BCUT2D eigenvalue weighted by Crippen LogP contribution is -2.25. The summed E-state index contributed by atoms with van der Waals surface area (Å²) in [6.07, 6.45) is 4.02. The number of benzene rings is 2. The van der Waals surface area contributed by atoms with Gasteiger partial charge in [0.05, 0.1) is 11.3 Å². The number of carbonyl (C=O) groups is 1. The van der Waals surface area contributed by atoms with Gasteiger partial charge >= 0.3 is 0 Å². The summed E-state index contributed by atoms with van der Waals surface area (Å²) < 4.78 is 0. The van der Waals surface area contributed by atoms with Crippen molar-refractivity contribution in [2.75, 3.05) is 11.9 Å². The monoisotopic (exact) mass is 379 g/mol. The Morgan fingerprint density at radius 3 is 2.67 bits per heavy atom. The van der Waals surface area contributed by atoms with Gasteiger partial charge in [0, 0.05) is 30.5 Å². The molecular formula is C22H22ClN3O. The Bertz CT molecular complexity index is 927. The van der Waals surface area contributed by atoms with Gasteiger partial charge in [0.1, 0.15) is 0 Å². The van der Waals surface area contributed by atoms with E-state index < -0.39 is 0 Å². The fraction of sp³-hybridized carbons (Fsp3) is 0.182. The number of carbonyl (C=O) groups excluding carboxylic acids is 1. The maximum Gasteiger partial charge on any atom is 0.252 e. The minimum atomic E-state index is -0.135. The summed E-state index contributed by atoms with van der Waals surface area (Å²) in [5.74, 6) is -0.135. The number of nitrogens with zero attached hydrogens (tertiary/aromatic N) is 1. The number of nitrogens with one attached hydrogen (secondary N) is 2. The van der Waals surface area contributed by atoms with E-state index in [9.17, 15) is 4.79 Å². The highest BCUT2D eigenvalue weighted by Crippen LogP contribution is 2.13. The van der Waals surface area contributed by atoms with Gasteiger partial charge in [-0.1, -0.05) is 53.6 Å². The number of anilines is 1. The number of rotatable bonds is 7. The van der Waals surface area contributed by atoms with Gasteiger partial charge in [0.15, 0.2) is 0 Å². The van der Waals surface area contributed by atoms with Gasteiger partial charge < -0.3 is 10.6 Å². The van der Waals surface area contributed by atoms with Crippen LogP contribution in [0.4, 0.5) is 5.69 Å². The van der Waals surface area contributed by atoms with Crippen LogP contribution in [-0.4, -0.2) is 17.4 Å². The summed E-state index contributed by atoms with van der Waals surface area (Å²) >= 11 is 5.98. The fourth-order valence-corrected chi connectivity index (χ4v) is 3.01. The highest BCUT2D eigenvalue weighted by molar-refractivity contribution is 6.30. The number of aryl methyl sites for hydroxylation is 1. The molecule has 0 atom stereocenters. The van der Waals surface area contributed by atoms with E-state index in [2.05, 4.69) is 40.7 Å². The zero-order chi connectivity index (χ0) is 19.1. The molecule has 0 aliphatic heterocycles. The first-order chi connectivity index (χ1) is 13.1. The van der Waals surface area contributed by atoms with Crippen molar-refractivity contribution in [2.45, 2.75) is 19.9 Å². The Balaban J connectivity index is 1.53. The van der Waals surface area contributed by atoms with Crippen LogP contribution in [0.3, 0.4) is 0 Å². The van der Waals surface area contributed by atoms with Gasteiger partial charge in [0.2, 0.25) is 0 Å². The number of halogens is 1. The molecule has 0 fully saturated rings. The average Bonchev–Trinajstić information content (AvgIpc) is 2.67. The Labute approximate surface area is 164 Å². The summed E-state index contributed by atoms with van der Waals surface area (Å²) in [7, 11) is 0. The predicted molar refractivity (Wildman–Crippen MR) is 110 cm³/mol. The Kier molecular flexibility index (Phi) is 6.44. The third-order valence-corrected chi connectivity index (χ3v) is 4.40. The molecule has 1 aromatic heterocycles.